The Morgan fingerprint density at radius 1 is 0.893 bits per heavy atom. The fourth-order valence-corrected chi connectivity index (χ4v) is 3.59. The predicted molar refractivity (Wildman–Crippen MR) is 111 cm³/mol. The highest BCUT2D eigenvalue weighted by atomic mass is 16.2. The minimum absolute atomic E-state index is 0.00893. The van der Waals surface area contributed by atoms with Crippen molar-refractivity contribution in [1.29, 1.82) is 0 Å². The number of nitrogens with zero attached hydrogens (tertiary/aromatic N) is 2. The molecule has 148 valence electrons. The number of nitrogens with one attached hydrogen (secondary N) is 1. The van der Waals surface area contributed by atoms with Crippen molar-refractivity contribution in [3.8, 4) is 0 Å². The van der Waals surface area contributed by atoms with E-state index in [4.69, 9.17) is 0 Å². The quantitative estimate of drug-likeness (QED) is 0.840. The lowest BCUT2D eigenvalue weighted by Crippen LogP contribution is -2.51. The van der Waals surface area contributed by atoms with E-state index < -0.39 is 0 Å². The normalized spacial score (nSPS) is 16.0. The highest BCUT2D eigenvalue weighted by Crippen LogP contribution is 2.21. The third-order valence-corrected chi connectivity index (χ3v) is 5.19. The fourth-order valence-electron chi connectivity index (χ4n) is 3.59. The summed E-state index contributed by atoms with van der Waals surface area (Å²) in [5.74, 6) is 0.408. The van der Waals surface area contributed by atoms with Crippen LogP contribution in [-0.4, -0.2) is 54.3 Å². The zero-order chi connectivity index (χ0) is 19.9. The standard InChI is InChI=1S/C23H29N3O2/c1-18(2)22(19-9-5-3-6-10-19)24-21(27)17-25-13-15-26(16-14-25)23(28)20-11-7-4-8-12-20/h3-12,18,22H,13-17H2,1-2H3,(H,24,27). The first-order valence-corrected chi connectivity index (χ1v) is 9.95. The average molecular weight is 380 g/mol. The smallest absolute Gasteiger partial charge is 0.253 e. The zero-order valence-electron chi connectivity index (χ0n) is 16.7. The average Bonchev–Trinajstić information content (AvgIpc) is 2.73. The Kier molecular flexibility index (Phi) is 6.82. The Balaban J connectivity index is 1.50. The minimum Gasteiger partial charge on any atom is -0.348 e. The Bertz CT molecular complexity index is 769. The highest BCUT2D eigenvalue weighted by molar-refractivity contribution is 5.94. The molecule has 1 saturated heterocycles. The number of amides is 2. The number of piperazine rings is 1. The molecule has 1 aliphatic rings. The Hall–Kier alpha value is -2.66. The monoisotopic (exact) mass is 379 g/mol. The maximum atomic E-state index is 12.6. The summed E-state index contributed by atoms with van der Waals surface area (Å²) in [6.07, 6.45) is 0. The number of rotatable bonds is 6. The van der Waals surface area contributed by atoms with E-state index in [1.807, 2.05) is 53.4 Å². The van der Waals surface area contributed by atoms with Gasteiger partial charge in [0.15, 0.2) is 0 Å². The van der Waals surface area contributed by atoms with Crippen molar-refractivity contribution in [2.24, 2.45) is 5.92 Å². The van der Waals surface area contributed by atoms with Crippen molar-refractivity contribution < 1.29 is 9.59 Å². The van der Waals surface area contributed by atoms with E-state index in [2.05, 4.69) is 36.2 Å². The van der Waals surface area contributed by atoms with Gasteiger partial charge >= 0.3 is 0 Å². The van der Waals surface area contributed by atoms with Crippen molar-refractivity contribution in [3.63, 3.8) is 0 Å². The van der Waals surface area contributed by atoms with E-state index in [-0.39, 0.29) is 17.9 Å². The van der Waals surface area contributed by atoms with Gasteiger partial charge in [-0.05, 0) is 23.6 Å². The fraction of sp³-hybridized carbons (Fsp3) is 0.391. The van der Waals surface area contributed by atoms with Gasteiger partial charge in [-0.2, -0.15) is 0 Å². The summed E-state index contributed by atoms with van der Waals surface area (Å²) in [5.41, 5.74) is 1.85. The van der Waals surface area contributed by atoms with Crippen molar-refractivity contribution in [1.82, 2.24) is 15.1 Å². The summed E-state index contributed by atoms with van der Waals surface area (Å²) >= 11 is 0. The predicted octanol–water partition coefficient (Wildman–Crippen LogP) is 2.96. The summed E-state index contributed by atoms with van der Waals surface area (Å²) in [4.78, 5) is 29.1. The van der Waals surface area contributed by atoms with E-state index in [1.54, 1.807) is 0 Å². The lowest BCUT2D eigenvalue weighted by Gasteiger charge is -2.34. The van der Waals surface area contributed by atoms with Crippen LogP contribution in [0.4, 0.5) is 0 Å². The molecular weight excluding hydrogens is 350 g/mol. The molecule has 0 aromatic heterocycles. The lowest BCUT2D eigenvalue weighted by atomic mass is 9.96. The van der Waals surface area contributed by atoms with Gasteiger partial charge in [-0.25, -0.2) is 0 Å². The first-order valence-electron chi connectivity index (χ1n) is 9.95. The maximum absolute atomic E-state index is 12.6. The topological polar surface area (TPSA) is 52.7 Å². The molecule has 1 N–H and O–H groups in total. The zero-order valence-corrected chi connectivity index (χ0v) is 16.7. The van der Waals surface area contributed by atoms with Crippen LogP contribution in [0.2, 0.25) is 0 Å². The van der Waals surface area contributed by atoms with Gasteiger partial charge in [0.05, 0.1) is 12.6 Å². The molecule has 28 heavy (non-hydrogen) atoms. The van der Waals surface area contributed by atoms with E-state index in [0.717, 1.165) is 11.1 Å². The number of hydrogen-bond acceptors (Lipinski definition) is 3. The van der Waals surface area contributed by atoms with Crippen LogP contribution in [0.1, 0.15) is 35.8 Å². The van der Waals surface area contributed by atoms with Crippen LogP contribution in [0.15, 0.2) is 60.7 Å². The van der Waals surface area contributed by atoms with Crippen molar-refractivity contribution in [2.75, 3.05) is 32.7 Å². The molecule has 1 fully saturated rings. The Labute approximate surface area is 167 Å². The van der Waals surface area contributed by atoms with Crippen LogP contribution in [0.3, 0.4) is 0 Å². The molecule has 3 rings (SSSR count). The summed E-state index contributed by atoms with van der Waals surface area (Å²) in [5, 5.41) is 3.18. The van der Waals surface area contributed by atoms with Crippen LogP contribution in [0, 0.1) is 5.92 Å². The van der Waals surface area contributed by atoms with E-state index >= 15 is 0 Å². The molecule has 1 atom stereocenters. The van der Waals surface area contributed by atoms with Gasteiger partial charge in [0, 0.05) is 31.7 Å². The van der Waals surface area contributed by atoms with Gasteiger partial charge in [-0.1, -0.05) is 62.4 Å². The number of carbonyl (C=O) groups is 2. The second-order valence-corrected chi connectivity index (χ2v) is 7.63. The van der Waals surface area contributed by atoms with E-state index in [1.165, 1.54) is 0 Å². The maximum Gasteiger partial charge on any atom is 0.253 e. The van der Waals surface area contributed by atoms with Crippen LogP contribution in [0.5, 0.6) is 0 Å². The van der Waals surface area contributed by atoms with Crippen molar-refractivity contribution in [2.45, 2.75) is 19.9 Å². The molecular formula is C23H29N3O2. The molecule has 5 nitrogen and oxygen atoms in total. The molecule has 2 aromatic rings. The third-order valence-electron chi connectivity index (χ3n) is 5.19. The molecule has 1 unspecified atom stereocenters. The lowest BCUT2D eigenvalue weighted by molar-refractivity contribution is -0.123. The van der Waals surface area contributed by atoms with Gasteiger partial charge in [0.25, 0.3) is 5.91 Å². The summed E-state index contributed by atoms with van der Waals surface area (Å²) in [6.45, 7) is 7.31. The SMILES string of the molecule is CC(C)C(NC(=O)CN1CCN(C(=O)c2ccccc2)CC1)c1ccccc1. The van der Waals surface area contributed by atoms with Gasteiger partial charge in [0.1, 0.15) is 0 Å². The number of carbonyl (C=O) groups excluding carboxylic acids is 2. The molecule has 1 heterocycles. The highest BCUT2D eigenvalue weighted by Gasteiger charge is 2.24. The second-order valence-electron chi connectivity index (χ2n) is 7.63. The van der Waals surface area contributed by atoms with Crippen molar-refractivity contribution in [3.05, 3.63) is 71.8 Å². The summed E-state index contributed by atoms with van der Waals surface area (Å²) in [6, 6.07) is 19.5. The largest absolute Gasteiger partial charge is 0.348 e. The molecule has 1 aliphatic heterocycles. The van der Waals surface area contributed by atoms with Crippen LogP contribution in [0.25, 0.3) is 0 Å². The summed E-state index contributed by atoms with van der Waals surface area (Å²) in [7, 11) is 0. The van der Waals surface area contributed by atoms with E-state index in [0.29, 0.717) is 38.6 Å². The number of hydrogen-bond donors (Lipinski definition) is 1. The molecule has 2 aromatic carbocycles. The van der Waals surface area contributed by atoms with Gasteiger partial charge in [-0.3, -0.25) is 14.5 Å². The van der Waals surface area contributed by atoms with Crippen LogP contribution >= 0.6 is 0 Å². The molecule has 0 aliphatic carbocycles. The Morgan fingerprint density at radius 3 is 2.04 bits per heavy atom. The number of benzene rings is 2. The van der Waals surface area contributed by atoms with Crippen molar-refractivity contribution >= 4 is 11.8 Å². The first kappa shape index (κ1) is 20.1. The van der Waals surface area contributed by atoms with Gasteiger partial charge in [0.2, 0.25) is 5.91 Å². The van der Waals surface area contributed by atoms with E-state index in [9.17, 15) is 9.59 Å². The van der Waals surface area contributed by atoms with Gasteiger partial charge in [-0.15, -0.1) is 0 Å². The molecule has 0 saturated carbocycles. The van der Waals surface area contributed by atoms with Crippen LogP contribution < -0.4 is 5.32 Å². The van der Waals surface area contributed by atoms with Crippen LogP contribution in [-0.2, 0) is 4.79 Å². The third kappa shape index (κ3) is 5.20. The van der Waals surface area contributed by atoms with Gasteiger partial charge < -0.3 is 10.2 Å². The molecule has 0 radical (unpaired) electrons. The minimum atomic E-state index is 0.00893. The Morgan fingerprint density at radius 2 is 1.46 bits per heavy atom. The summed E-state index contributed by atoms with van der Waals surface area (Å²) < 4.78 is 0. The molecule has 2 amide bonds. The molecule has 5 heteroatoms. The first-order chi connectivity index (χ1) is 13.5. The molecule has 0 spiro atoms. The second kappa shape index (κ2) is 9.51. The molecule has 0 bridgehead atoms.